The van der Waals surface area contributed by atoms with Crippen LogP contribution in [0.1, 0.15) is 17.7 Å². The van der Waals surface area contributed by atoms with Crippen molar-refractivity contribution in [3.63, 3.8) is 0 Å². The average molecular weight is 488 g/mol. The molecule has 3 heterocycles. The number of hydrogen-bond acceptors (Lipinski definition) is 6. The van der Waals surface area contributed by atoms with Crippen molar-refractivity contribution >= 4 is 34.7 Å². The molecule has 0 saturated carbocycles. The molecule has 1 saturated heterocycles. The Morgan fingerprint density at radius 3 is 2.71 bits per heavy atom. The minimum absolute atomic E-state index is 0.0919. The van der Waals surface area contributed by atoms with E-state index in [0.29, 0.717) is 23.2 Å². The largest absolute Gasteiger partial charge is 0.497 e. The molecule has 0 spiro atoms. The van der Waals surface area contributed by atoms with Crippen molar-refractivity contribution < 1.29 is 14.3 Å². The van der Waals surface area contributed by atoms with Gasteiger partial charge in [-0.1, -0.05) is 35.9 Å². The number of carbonyl (C=O) groups excluding carboxylic acids is 2. The molecule has 5 rings (SSSR count). The number of carbonyl (C=O) groups is 2. The third kappa shape index (κ3) is 4.67. The van der Waals surface area contributed by atoms with Gasteiger partial charge in [0, 0.05) is 41.7 Å². The van der Waals surface area contributed by atoms with Crippen molar-refractivity contribution in [1.82, 2.24) is 14.8 Å². The van der Waals surface area contributed by atoms with E-state index in [-0.39, 0.29) is 18.2 Å². The van der Waals surface area contributed by atoms with Crippen LogP contribution in [0.4, 0.5) is 11.5 Å². The summed E-state index contributed by atoms with van der Waals surface area (Å²) < 4.78 is 6.91. The summed E-state index contributed by atoms with van der Waals surface area (Å²) in [6.45, 7) is 4.22. The fourth-order valence-corrected chi connectivity index (χ4v) is 4.89. The molecular formula is C26H25N5O3S. The molecule has 1 fully saturated rings. The van der Waals surface area contributed by atoms with Gasteiger partial charge >= 0.3 is 0 Å². The highest BCUT2D eigenvalue weighted by Gasteiger charge is 2.35. The summed E-state index contributed by atoms with van der Waals surface area (Å²) in [7, 11) is 1.58. The van der Waals surface area contributed by atoms with Gasteiger partial charge in [-0.05, 0) is 26.0 Å². The molecule has 178 valence electrons. The molecule has 1 aliphatic heterocycles. The monoisotopic (exact) mass is 487 g/mol. The van der Waals surface area contributed by atoms with E-state index in [4.69, 9.17) is 9.72 Å². The van der Waals surface area contributed by atoms with Crippen molar-refractivity contribution in [2.24, 2.45) is 5.92 Å². The molecule has 1 aliphatic rings. The zero-order valence-corrected chi connectivity index (χ0v) is 20.5. The quantitative estimate of drug-likeness (QED) is 0.429. The molecule has 35 heavy (non-hydrogen) atoms. The van der Waals surface area contributed by atoms with E-state index in [2.05, 4.69) is 22.5 Å². The Hall–Kier alpha value is -3.98. The lowest BCUT2D eigenvalue weighted by Crippen LogP contribution is -2.28. The van der Waals surface area contributed by atoms with Crippen LogP contribution in [-0.2, 0) is 9.59 Å². The number of aromatic nitrogens is 3. The molecule has 9 heteroatoms. The number of ether oxygens (including phenoxy) is 1. The summed E-state index contributed by atoms with van der Waals surface area (Å²) in [6, 6.07) is 17.3. The third-order valence-corrected chi connectivity index (χ3v) is 6.78. The molecule has 2 aromatic carbocycles. The van der Waals surface area contributed by atoms with Crippen LogP contribution in [0.15, 0.2) is 60.0 Å². The molecule has 0 aliphatic carbocycles. The normalized spacial score (nSPS) is 15.5. The Labute approximate surface area is 207 Å². The van der Waals surface area contributed by atoms with Gasteiger partial charge in [-0.15, -0.1) is 11.3 Å². The first-order valence-electron chi connectivity index (χ1n) is 11.3. The van der Waals surface area contributed by atoms with E-state index >= 15 is 0 Å². The lowest BCUT2D eigenvalue weighted by Gasteiger charge is -2.17. The van der Waals surface area contributed by atoms with E-state index in [1.807, 2.05) is 49.6 Å². The minimum atomic E-state index is -0.475. The van der Waals surface area contributed by atoms with Crippen LogP contribution in [0.3, 0.4) is 0 Å². The Morgan fingerprint density at radius 2 is 1.94 bits per heavy atom. The highest BCUT2D eigenvalue weighted by atomic mass is 32.1. The lowest BCUT2D eigenvalue weighted by molar-refractivity contribution is -0.122. The lowest BCUT2D eigenvalue weighted by atomic mass is 10.1. The maximum atomic E-state index is 13.1. The molecule has 0 bridgehead atoms. The van der Waals surface area contributed by atoms with E-state index in [1.165, 1.54) is 16.9 Å². The highest BCUT2D eigenvalue weighted by Crippen LogP contribution is 2.30. The molecular weight excluding hydrogens is 462 g/mol. The maximum absolute atomic E-state index is 13.1. The first-order chi connectivity index (χ1) is 16.9. The number of aryl methyl sites for hydroxylation is 2. The molecule has 2 aromatic heterocycles. The standard InChI is InChI=1S/C26H25N5O3S/c1-16-7-9-18(10-8-16)22-15-35-26(27-22)31-23(11-17(2)29-31)28-25(33)19-12-24(32)30(14-19)20-5-4-6-21(13-20)34-3/h4-11,13,15,19H,12,14H2,1-3H3,(H,28,33). The fourth-order valence-electron chi connectivity index (χ4n) is 4.09. The topological polar surface area (TPSA) is 89.3 Å². The van der Waals surface area contributed by atoms with Gasteiger partial charge in [0.05, 0.1) is 24.4 Å². The van der Waals surface area contributed by atoms with Crippen LogP contribution in [0.25, 0.3) is 16.4 Å². The molecule has 1 atom stereocenters. The zero-order chi connectivity index (χ0) is 24.5. The second-order valence-corrected chi connectivity index (χ2v) is 9.40. The van der Waals surface area contributed by atoms with E-state index < -0.39 is 5.92 Å². The van der Waals surface area contributed by atoms with Crippen molar-refractivity contribution in [1.29, 1.82) is 0 Å². The van der Waals surface area contributed by atoms with Crippen LogP contribution < -0.4 is 15.0 Å². The first-order valence-corrected chi connectivity index (χ1v) is 12.1. The second-order valence-electron chi connectivity index (χ2n) is 8.56. The first kappa shape index (κ1) is 22.8. The van der Waals surface area contributed by atoms with Crippen molar-refractivity contribution in [2.45, 2.75) is 20.3 Å². The third-order valence-electron chi connectivity index (χ3n) is 5.96. The summed E-state index contributed by atoms with van der Waals surface area (Å²) in [5.74, 6) is 0.406. The summed E-state index contributed by atoms with van der Waals surface area (Å²) >= 11 is 1.45. The molecule has 0 radical (unpaired) electrons. The zero-order valence-electron chi connectivity index (χ0n) is 19.7. The smallest absolute Gasteiger partial charge is 0.230 e. The van der Waals surface area contributed by atoms with Crippen molar-refractivity contribution in [2.75, 3.05) is 23.9 Å². The molecule has 8 nitrogen and oxygen atoms in total. The fraction of sp³-hybridized carbons (Fsp3) is 0.231. The van der Waals surface area contributed by atoms with E-state index in [9.17, 15) is 9.59 Å². The SMILES string of the molecule is COc1cccc(N2CC(C(=O)Nc3cc(C)nn3-c3nc(-c4ccc(C)cc4)cs3)CC2=O)c1. The predicted molar refractivity (Wildman–Crippen MR) is 136 cm³/mol. The summed E-state index contributed by atoms with van der Waals surface area (Å²) in [6.07, 6.45) is 0.144. The van der Waals surface area contributed by atoms with Crippen LogP contribution in [0, 0.1) is 19.8 Å². The van der Waals surface area contributed by atoms with Crippen molar-refractivity contribution in [3.05, 3.63) is 71.2 Å². The van der Waals surface area contributed by atoms with Gasteiger partial charge in [0.2, 0.25) is 16.9 Å². The Kier molecular flexibility index (Phi) is 6.08. The number of nitrogens with zero attached hydrogens (tertiary/aromatic N) is 4. The number of anilines is 2. The minimum Gasteiger partial charge on any atom is -0.497 e. The van der Waals surface area contributed by atoms with Gasteiger partial charge in [0.25, 0.3) is 0 Å². The predicted octanol–water partition coefficient (Wildman–Crippen LogP) is 4.61. The van der Waals surface area contributed by atoms with E-state index in [1.54, 1.807) is 28.8 Å². The Bertz CT molecular complexity index is 1390. The summed E-state index contributed by atoms with van der Waals surface area (Å²) in [5.41, 5.74) is 4.54. The van der Waals surface area contributed by atoms with Crippen LogP contribution in [0.2, 0.25) is 0 Å². The number of amides is 2. The van der Waals surface area contributed by atoms with Crippen LogP contribution >= 0.6 is 11.3 Å². The van der Waals surface area contributed by atoms with Gasteiger partial charge < -0.3 is 15.0 Å². The van der Waals surface area contributed by atoms with Gasteiger partial charge in [-0.3, -0.25) is 9.59 Å². The molecule has 1 unspecified atom stereocenters. The number of rotatable bonds is 6. The highest BCUT2D eigenvalue weighted by molar-refractivity contribution is 7.12. The summed E-state index contributed by atoms with van der Waals surface area (Å²) in [5, 5.41) is 10.1. The van der Waals surface area contributed by atoms with Crippen molar-refractivity contribution in [3.8, 4) is 22.1 Å². The number of hydrogen-bond donors (Lipinski definition) is 1. The van der Waals surface area contributed by atoms with Gasteiger partial charge in [0.15, 0.2) is 0 Å². The number of nitrogens with one attached hydrogen (secondary N) is 1. The number of methoxy groups -OCH3 is 1. The maximum Gasteiger partial charge on any atom is 0.230 e. The molecule has 4 aromatic rings. The number of benzene rings is 2. The van der Waals surface area contributed by atoms with E-state index in [0.717, 1.165) is 22.6 Å². The van der Waals surface area contributed by atoms with Crippen LogP contribution in [-0.4, -0.2) is 40.2 Å². The van der Waals surface area contributed by atoms with Crippen LogP contribution in [0.5, 0.6) is 5.75 Å². The summed E-state index contributed by atoms with van der Waals surface area (Å²) in [4.78, 5) is 32.2. The van der Waals surface area contributed by atoms with Gasteiger partial charge in [-0.25, -0.2) is 4.98 Å². The average Bonchev–Trinajstić information content (AvgIpc) is 3.58. The Balaban J connectivity index is 1.33. The van der Waals surface area contributed by atoms with Gasteiger partial charge in [-0.2, -0.15) is 9.78 Å². The molecule has 2 amide bonds. The second kappa shape index (κ2) is 9.34. The van der Waals surface area contributed by atoms with Gasteiger partial charge in [0.1, 0.15) is 11.6 Å². The number of thiazole rings is 1. The Morgan fingerprint density at radius 1 is 1.14 bits per heavy atom. The molecule has 1 N–H and O–H groups in total.